The van der Waals surface area contributed by atoms with E-state index in [2.05, 4.69) is 5.32 Å². The number of carboxylic acids is 1. The monoisotopic (exact) mass is 238 g/mol. The molecule has 0 spiro atoms. The Morgan fingerprint density at radius 2 is 2.24 bits per heavy atom. The first-order chi connectivity index (χ1) is 8.09. The smallest absolute Gasteiger partial charge is 0.337 e. The standard InChI is InChI=1S/C11H11FN2O3/c12-7-2-3-9(8(6-7)10(15)16)14-5-1-4-13-11(14)17/h2-3,6H,1,4-5H2,(H,13,17)(H,15,16). The lowest BCUT2D eigenvalue weighted by Gasteiger charge is -2.28. The topological polar surface area (TPSA) is 69.6 Å². The molecule has 0 aromatic heterocycles. The Kier molecular flexibility index (Phi) is 2.95. The summed E-state index contributed by atoms with van der Waals surface area (Å²) in [5.41, 5.74) is 0.0122. The number of hydrogen-bond donors (Lipinski definition) is 2. The van der Waals surface area contributed by atoms with E-state index in [0.717, 1.165) is 18.6 Å². The van der Waals surface area contributed by atoms with Gasteiger partial charge in [0.25, 0.3) is 0 Å². The molecular weight excluding hydrogens is 227 g/mol. The molecule has 0 bridgehead atoms. The first kappa shape index (κ1) is 11.4. The van der Waals surface area contributed by atoms with Crippen LogP contribution in [-0.4, -0.2) is 30.2 Å². The fourth-order valence-electron chi connectivity index (χ4n) is 1.77. The quantitative estimate of drug-likeness (QED) is 0.819. The number of amides is 2. The molecule has 1 aliphatic heterocycles. The van der Waals surface area contributed by atoms with Gasteiger partial charge in [-0.1, -0.05) is 0 Å². The van der Waals surface area contributed by atoms with Gasteiger partial charge >= 0.3 is 12.0 Å². The van der Waals surface area contributed by atoms with Gasteiger partial charge in [-0.05, 0) is 24.6 Å². The van der Waals surface area contributed by atoms with Crippen LogP contribution in [0.1, 0.15) is 16.8 Å². The predicted octanol–water partition coefficient (Wildman–Crippen LogP) is 1.44. The van der Waals surface area contributed by atoms with Crippen LogP contribution in [0.4, 0.5) is 14.9 Å². The van der Waals surface area contributed by atoms with Crippen LogP contribution in [0, 0.1) is 5.82 Å². The van der Waals surface area contributed by atoms with Crippen LogP contribution in [0.25, 0.3) is 0 Å². The summed E-state index contributed by atoms with van der Waals surface area (Å²) in [6.45, 7) is 0.997. The molecule has 2 amide bonds. The van der Waals surface area contributed by atoms with E-state index in [4.69, 9.17) is 5.11 Å². The summed E-state index contributed by atoms with van der Waals surface area (Å²) in [4.78, 5) is 23.9. The predicted molar refractivity (Wildman–Crippen MR) is 58.7 cm³/mol. The number of nitrogens with zero attached hydrogens (tertiary/aromatic N) is 1. The maximum absolute atomic E-state index is 13.0. The van der Waals surface area contributed by atoms with Crippen molar-refractivity contribution >= 4 is 17.7 Å². The molecule has 90 valence electrons. The fourth-order valence-corrected chi connectivity index (χ4v) is 1.77. The molecule has 0 saturated carbocycles. The number of aromatic carboxylic acids is 1. The van der Waals surface area contributed by atoms with Gasteiger partial charge in [-0.2, -0.15) is 0 Å². The third-order valence-corrected chi connectivity index (χ3v) is 2.56. The third-order valence-electron chi connectivity index (χ3n) is 2.56. The van der Waals surface area contributed by atoms with E-state index >= 15 is 0 Å². The Hall–Kier alpha value is -2.11. The highest BCUT2D eigenvalue weighted by Gasteiger charge is 2.24. The number of urea groups is 1. The van der Waals surface area contributed by atoms with Crippen molar-refractivity contribution in [1.82, 2.24) is 5.32 Å². The first-order valence-electron chi connectivity index (χ1n) is 5.18. The zero-order valence-corrected chi connectivity index (χ0v) is 8.94. The van der Waals surface area contributed by atoms with E-state index in [1.165, 1.54) is 11.0 Å². The Bertz CT molecular complexity index is 476. The van der Waals surface area contributed by atoms with Crippen molar-refractivity contribution in [3.8, 4) is 0 Å². The largest absolute Gasteiger partial charge is 0.478 e. The van der Waals surface area contributed by atoms with Gasteiger partial charge in [0.05, 0.1) is 11.3 Å². The van der Waals surface area contributed by atoms with E-state index in [0.29, 0.717) is 13.1 Å². The molecule has 2 rings (SSSR count). The molecule has 1 aliphatic rings. The summed E-state index contributed by atoms with van der Waals surface area (Å²) in [6, 6.07) is 3.01. The minimum atomic E-state index is -1.25. The summed E-state index contributed by atoms with van der Waals surface area (Å²) in [6.07, 6.45) is 0.724. The van der Waals surface area contributed by atoms with Crippen LogP contribution in [0.5, 0.6) is 0 Å². The summed E-state index contributed by atoms with van der Waals surface area (Å²) in [5, 5.41) is 11.6. The zero-order valence-electron chi connectivity index (χ0n) is 8.94. The molecule has 17 heavy (non-hydrogen) atoms. The van der Waals surface area contributed by atoms with Crippen molar-refractivity contribution in [2.45, 2.75) is 6.42 Å². The third kappa shape index (κ3) is 2.20. The number of anilines is 1. The second kappa shape index (κ2) is 4.40. The zero-order chi connectivity index (χ0) is 12.4. The van der Waals surface area contributed by atoms with Crippen LogP contribution >= 0.6 is 0 Å². The Labute approximate surface area is 96.8 Å². The Morgan fingerprint density at radius 1 is 1.47 bits per heavy atom. The van der Waals surface area contributed by atoms with Crippen molar-refractivity contribution < 1.29 is 19.1 Å². The highest BCUT2D eigenvalue weighted by Crippen LogP contribution is 2.23. The fraction of sp³-hybridized carbons (Fsp3) is 0.273. The average Bonchev–Trinajstić information content (AvgIpc) is 2.30. The second-order valence-corrected chi connectivity index (χ2v) is 3.70. The molecule has 0 atom stereocenters. The number of carboxylic acid groups (broad SMARTS) is 1. The van der Waals surface area contributed by atoms with E-state index in [1.54, 1.807) is 0 Å². The number of benzene rings is 1. The molecular formula is C11H11FN2O3. The molecule has 5 nitrogen and oxygen atoms in total. The summed E-state index contributed by atoms with van der Waals surface area (Å²) in [7, 11) is 0. The van der Waals surface area contributed by atoms with E-state index < -0.39 is 11.8 Å². The minimum absolute atomic E-state index is 0.206. The lowest BCUT2D eigenvalue weighted by atomic mass is 10.1. The summed E-state index contributed by atoms with van der Waals surface area (Å²) < 4.78 is 13.0. The van der Waals surface area contributed by atoms with Crippen LogP contribution < -0.4 is 10.2 Å². The molecule has 1 heterocycles. The maximum Gasteiger partial charge on any atom is 0.337 e. The van der Waals surface area contributed by atoms with Crippen LogP contribution in [0.15, 0.2) is 18.2 Å². The number of hydrogen-bond acceptors (Lipinski definition) is 2. The molecule has 2 N–H and O–H groups in total. The van der Waals surface area contributed by atoms with Gasteiger partial charge < -0.3 is 10.4 Å². The summed E-state index contributed by atoms with van der Waals surface area (Å²) >= 11 is 0. The molecule has 1 fully saturated rings. The van der Waals surface area contributed by atoms with Gasteiger partial charge in [0, 0.05) is 13.1 Å². The Morgan fingerprint density at radius 3 is 2.88 bits per heavy atom. The lowest BCUT2D eigenvalue weighted by Crippen LogP contribution is -2.47. The van der Waals surface area contributed by atoms with Gasteiger partial charge in [0.15, 0.2) is 0 Å². The number of halogens is 1. The van der Waals surface area contributed by atoms with Gasteiger partial charge in [-0.3, -0.25) is 4.90 Å². The molecule has 6 heteroatoms. The molecule has 0 unspecified atom stereocenters. The highest BCUT2D eigenvalue weighted by molar-refractivity contribution is 6.01. The second-order valence-electron chi connectivity index (χ2n) is 3.70. The van der Waals surface area contributed by atoms with Crippen molar-refractivity contribution in [2.75, 3.05) is 18.0 Å². The number of carbonyl (C=O) groups excluding carboxylic acids is 1. The van der Waals surface area contributed by atoms with Crippen LogP contribution in [-0.2, 0) is 0 Å². The van der Waals surface area contributed by atoms with Gasteiger partial charge in [0.1, 0.15) is 5.82 Å². The lowest BCUT2D eigenvalue weighted by molar-refractivity contribution is 0.0697. The minimum Gasteiger partial charge on any atom is -0.478 e. The maximum atomic E-state index is 13.0. The number of carbonyl (C=O) groups is 2. The molecule has 1 saturated heterocycles. The van der Waals surface area contributed by atoms with Crippen molar-refractivity contribution in [1.29, 1.82) is 0 Å². The SMILES string of the molecule is O=C(O)c1cc(F)ccc1N1CCCNC1=O. The first-order valence-corrected chi connectivity index (χ1v) is 5.18. The normalized spacial score (nSPS) is 15.6. The molecule has 0 aliphatic carbocycles. The van der Waals surface area contributed by atoms with Gasteiger partial charge in [-0.25, -0.2) is 14.0 Å². The van der Waals surface area contributed by atoms with Crippen LogP contribution in [0.3, 0.4) is 0 Å². The van der Waals surface area contributed by atoms with E-state index in [-0.39, 0.29) is 17.3 Å². The van der Waals surface area contributed by atoms with Crippen molar-refractivity contribution in [3.63, 3.8) is 0 Å². The highest BCUT2D eigenvalue weighted by atomic mass is 19.1. The molecule has 0 radical (unpaired) electrons. The van der Waals surface area contributed by atoms with Crippen molar-refractivity contribution in [3.05, 3.63) is 29.6 Å². The van der Waals surface area contributed by atoms with Gasteiger partial charge in [0.2, 0.25) is 0 Å². The molecule has 1 aromatic rings. The van der Waals surface area contributed by atoms with Gasteiger partial charge in [-0.15, -0.1) is 0 Å². The number of nitrogens with one attached hydrogen (secondary N) is 1. The Balaban J connectivity index is 2.43. The summed E-state index contributed by atoms with van der Waals surface area (Å²) in [5.74, 6) is -1.89. The molecule has 1 aromatic carbocycles. The van der Waals surface area contributed by atoms with Crippen molar-refractivity contribution in [2.24, 2.45) is 0 Å². The van der Waals surface area contributed by atoms with E-state index in [9.17, 15) is 14.0 Å². The average molecular weight is 238 g/mol. The van der Waals surface area contributed by atoms with E-state index in [1.807, 2.05) is 0 Å². The van der Waals surface area contributed by atoms with Crippen LogP contribution in [0.2, 0.25) is 0 Å². The number of rotatable bonds is 2.